The van der Waals surface area contributed by atoms with E-state index in [1.165, 1.54) is 12.1 Å². The van der Waals surface area contributed by atoms with Gasteiger partial charge in [-0.15, -0.1) is 0 Å². The number of hydrogen-bond donors (Lipinski definition) is 1. The van der Waals surface area contributed by atoms with Crippen molar-refractivity contribution in [1.82, 2.24) is 4.90 Å². The maximum absolute atomic E-state index is 13.3. The Kier molecular flexibility index (Phi) is 5.05. The van der Waals surface area contributed by atoms with Gasteiger partial charge in [-0.1, -0.05) is 6.07 Å². The Balaban J connectivity index is 2.34. The molecule has 1 aromatic carbocycles. The Hall–Kier alpha value is -2.25. The summed E-state index contributed by atoms with van der Waals surface area (Å²) in [5.41, 5.74) is 6.08. The van der Waals surface area contributed by atoms with Gasteiger partial charge in [0.25, 0.3) is 5.91 Å². The summed E-state index contributed by atoms with van der Waals surface area (Å²) in [6.45, 7) is -0.315. The molecule has 0 aromatic heterocycles. The third-order valence-electron chi connectivity index (χ3n) is 4.23. The van der Waals surface area contributed by atoms with E-state index in [-0.39, 0.29) is 24.9 Å². The zero-order valence-electron chi connectivity index (χ0n) is 13.5. The summed E-state index contributed by atoms with van der Waals surface area (Å²) in [4.78, 5) is 26.5. The number of likely N-dealkylation sites (tertiary alicyclic amines) is 1. The van der Waals surface area contributed by atoms with Crippen molar-refractivity contribution in [1.29, 1.82) is 0 Å². The number of primary amides is 1. The lowest BCUT2D eigenvalue weighted by atomic mass is 9.91. The van der Waals surface area contributed by atoms with Crippen LogP contribution >= 0.6 is 0 Å². The summed E-state index contributed by atoms with van der Waals surface area (Å²) < 4.78 is 39.9. The highest BCUT2D eigenvalue weighted by atomic mass is 19.4. The molecule has 2 atom stereocenters. The van der Waals surface area contributed by atoms with Gasteiger partial charge in [-0.2, -0.15) is 13.2 Å². The van der Waals surface area contributed by atoms with E-state index in [2.05, 4.69) is 0 Å². The maximum atomic E-state index is 13.3. The third kappa shape index (κ3) is 3.80. The van der Waals surface area contributed by atoms with Crippen molar-refractivity contribution in [3.8, 4) is 0 Å². The minimum atomic E-state index is -4.54. The van der Waals surface area contributed by atoms with Crippen LogP contribution in [-0.4, -0.2) is 49.6 Å². The van der Waals surface area contributed by atoms with Crippen molar-refractivity contribution >= 4 is 17.5 Å². The summed E-state index contributed by atoms with van der Waals surface area (Å²) >= 11 is 0. The molecular weight excluding hydrogens is 323 g/mol. The number of nitrogens with two attached hydrogens (primary N) is 1. The standard InChI is InChI=1S/C16H20F3N3O2/c1-21(2)12-5-3-4-10(8-12)15(24)22-9-11(14(20)23)6-7-13(22)16(17,18)19/h3-5,8,11,13H,6-7,9H2,1-2H3,(H2,20,23)/t11-,13-/m0/s1. The van der Waals surface area contributed by atoms with E-state index in [0.29, 0.717) is 5.69 Å². The van der Waals surface area contributed by atoms with Gasteiger partial charge in [0.05, 0.1) is 5.92 Å². The molecule has 2 N–H and O–H groups in total. The first-order valence-electron chi connectivity index (χ1n) is 7.55. The van der Waals surface area contributed by atoms with Crippen molar-refractivity contribution in [2.75, 3.05) is 25.5 Å². The van der Waals surface area contributed by atoms with Gasteiger partial charge in [0.2, 0.25) is 5.91 Å². The smallest absolute Gasteiger partial charge is 0.378 e. The molecule has 132 valence electrons. The minimum Gasteiger partial charge on any atom is -0.378 e. The molecule has 1 aromatic rings. The summed E-state index contributed by atoms with van der Waals surface area (Å²) in [5, 5.41) is 0. The predicted octanol–water partition coefficient (Wildman–Crippen LogP) is 2.02. The Morgan fingerprint density at radius 3 is 2.46 bits per heavy atom. The summed E-state index contributed by atoms with van der Waals surface area (Å²) in [6, 6.07) is 4.46. The molecule has 2 amide bonds. The molecular formula is C16H20F3N3O2. The number of anilines is 1. The second-order valence-corrected chi connectivity index (χ2v) is 6.14. The first-order chi connectivity index (χ1) is 11.1. The lowest BCUT2D eigenvalue weighted by Gasteiger charge is -2.39. The molecule has 0 unspecified atom stereocenters. The number of halogens is 3. The second kappa shape index (κ2) is 6.70. The van der Waals surface area contributed by atoms with Gasteiger partial charge in [-0.05, 0) is 31.0 Å². The van der Waals surface area contributed by atoms with Crippen LogP contribution in [0.25, 0.3) is 0 Å². The highest BCUT2D eigenvalue weighted by molar-refractivity contribution is 5.96. The molecule has 0 radical (unpaired) electrons. The van der Waals surface area contributed by atoms with E-state index in [4.69, 9.17) is 5.73 Å². The van der Waals surface area contributed by atoms with Gasteiger partial charge in [0.15, 0.2) is 0 Å². The van der Waals surface area contributed by atoms with E-state index >= 15 is 0 Å². The van der Waals surface area contributed by atoms with Crippen LogP contribution in [0.5, 0.6) is 0 Å². The molecule has 1 heterocycles. The monoisotopic (exact) mass is 343 g/mol. The number of carbonyl (C=O) groups excluding carboxylic acids is 2. The van der Waals surface area contributed by atoms with Crippen molar-refractivity contribution < 1.29 is 22.8 Å². The Bertz CT molecular complexity index is 631. The largest absolute Gasteiger partial charge is 0.408 e. The Labute approximate surface area is 138 Å². The molecule has 1 aliphatic rings. The molecule has 24 heavy (non-hydrogen) atoms. The zero-order valence-corrected chi connectivity index (χ0v) is 13.5. The van der Waals surface area contributed by atoms with E-state index in [1.54, 1.807) is 31.1 Å². The molecule has 0 aliphatic carbocycles. The third-order valence-corrected chi connectivity index (χ3v) is 4.23. The lowest BCUT2D eigenvalue weighted by Crippen LogP contribution is -2.55. The molecule has 0 saturated carbocycles. The van der Waals surface area contributed by atoms with Gasteiger partial charge in [0, 0.05) is 31.9 Å². The number of rotatable bonds is 3. The maximum Gasteiger partial charge on any atom is 0.408 e. The number of amides is 2. The first-order valence-corrected chi connectivity index (χ1v) is 7.55. The van der Waals surface area contributed by atoms with Gasteiger partial charge in [-0.25, -0.2) is 0 Å². The van der Waals surface area contributed by atoms with Gasteiger partial charge >= 0.3 is 6.18 Å². The molecule has 2 rings (SSSR count). The van der Waals surface area contributed by atoms with Crippen molar-refractivity contribution in [2.45, 2.75) is 25.1 Å². The number of alkyl halides is 3. The number of nitrogens with zero attached hydrogens (tertiary/aromatic N) is 2. The average Bonchev–Trinajstić information content (AvgIpc) is 2.52. The molecule has 5 nitrogen and oxygen atoms in total. The van der Waals surface area contributed by atoms with Crippen LogP contribution in [0.4, 0.5) is 18.9 Å². The van der Waals surface area contributed by atoms with Crippen LogP contribution in [0.3, 0.4) is 0 Å². The van der Waals surface area contributed by atoms with Gasteiger partial charge < -0.3 is 15.5 Å². The molecule has 1 fully saturated rings. The highest BCUT2D eigenvalue weighted by Gasteiger charge is 2.48. The van der Waals surface area contributed by atoms with Crippen LogP contribution < -0.4 is 10.6 Å². The summed E-state index contributed by atoms with van der Waals surface area (Å²) in [7, 11) is 3.54. The SMILES string of the molecule is CN(C)c1cccc(C(=O)N2C[C@@H](C(N)=O)CC[C@H]2C(F)(F)F)c1. The quantitative estimate of drug-likeness (QED) is 0.913. The van der Waals surface area contributed by atoms with E-state index in [0.717, 1.165) is 4.90 Å². The Morgan fingerprint density at radius 2 is 1.92 bits per heavy atom. The van der Waals surface area contributed by atoms with Crippen LogP contribution in [0.1, 0.15) is 23.2 Å². The van der Waals surface area contributed by atoms with Crippen LogP contribution in [0.2, 0.25) is 0 Å². The molecule has 1 saturated heterocycles. The molecule has 0 spiro atoms. The van der Waals surface area contributed by atoms with Crippen molar-refractivity contribution in [2.24, 2.45) is 11.7 Å². The highest BCUT2D eigenvalue weighted by Crippen LogP contribution is 2.34. The van der Waals surface area contributed by atoms with Crippen LogP contribution in [0, 0.1) is 5.92 Å². The van der Waals surface area contributed by atoms with Crippen LogP contribution in [-0.2, 0) is 4.79 Å². The Morgan fingerprint density at radius 1 is 1.25 bits per heavy atom. The molecule has 0 bridgehead atoms. The minimum absolute atomic E-state index is 0.0288. The summed E-state index contributed by atoms with van der Waals surface area (Å²) in [5.74, 6) is -2.19. The topological polar surface area (TPSA) is 66.6 Å². The average molecular weight is 343 g/mol. The number of carbonyl (C=O) groups is 2. The summed E-state index contributed by atoms with van der Waals surface area (Å²) in [6.07, 6.45) is -4.84. The number of benzene rings is 1. The van der Waals surface area contributed by atoms with E-state index in [9.17, 15) is 22.8 Å². The van der Waals surface area contributed by atoms with Crippen LogP contribution in [0.15, 0.2) is 24.3 Å². The fourth-order valence-electron chi connectivity index (χ4n) is 2.85. The number of hydrogen-bond acceptors (Lipinski definition) is 3. The zero-order chi connectivity index (χ0) is 18.1. The normalized spacial score (nSPS) is 21.5. The fraction of sp³-hybridized carbons (Fsp3) is 0.500. The lowest BCUT2D eigenvalue weighted by molar-refractivity contribution is -0.187. The van der Waals surface area contributed by atoms with E-state index in [1.807, 2.05) is 0 Å². The van der Waals surface area contributed by atoms with Gasteiger partial charge in [-0.3, -0.25) is 9.59 Å². The van der Waals surface area contributed by atoms with Crippen molar-refractivity contribution in [3.63, 3.8) is 0 Å². The molecule has 1 aliphatic heterocycles. The van der Waals surface area contributed by atoms with Gasteiger partial charge in [0.1, 0.15) is 6.04 Å². The van der Waals surface area contributed by atoms with Crippen molar-refractivity contribution in [3.05, 3.63) is 29.8 Å². The van der Waals surface area contributed by atoms with E-state index < -0.39 is 30.0 Å². The number of piperidine rings is 1. The second-order valence-electron chi connectivity index (χ2n) is 6.14. The fourth-order valence-corrected chi connectivity index (χ4v) is 2.85. The molecule has 8 heteroatoms. The first kappa shape index (κ1) is 18.1. The predicted molar refractivity (Wildman–Crippen MR) is 83.6 cm³/mol.